The summed E-state index contributed by atoms with van der Waals surface area (Å²) in [5.41, 5.74) is -7.50. The van der Waals surface area contributed by atoms with Crippen molar-refractivity contribution in [2.24, 2.45) is 0 Å². The maximum absolute atomic E-state index is 17.3. The minimum Gasteiger partial charge on any atom is -0.207 e. The third-order valence-corrected chi connectivity index (χ3v) is 17.7. The van der Waals surface area contributed by atoms with Crippen molar-refractivity contribution in [1.82, 2.24) is 0 Å². The first-order valence-electron chi connectivity index (χ1n) is 18.5. The second kappa shape index (κ2) is 15.1. The van der Waals surface area contributed by atoms with E-state index in [2.05, 4.69) is 0 Å². The summed E-state index contributed by atoms with van der Waals surface area (Å²) in [5.74, 6) is -48.4. The summed E-state index contributed by atoms with van der Waals surface area (Å²) >= 11 is 0. The zero-order valence-electron chi connectivity index (χ0n) is 33.3. The smallest absolute Gasteiger partial charge is 0.207 e. The van der Waals surface area contributed by atoms with Gasteiger partial charge in [0.25, 0.3) is 5.87 Å². The molecule has 0 saturated carbocycles. The van der Waals surface area contributed by atoms with Crippen LogP contribution in [0.1, 0.15) is 50.1 Å². The summed E-state index contributed by atoms with van der Waals surface area (Å²) in [7, 11) is -5.32. The molecule has 62 heavy (non-hydrogen) atoms. The van der Waals surface area contributed by atoms with Crippen LogP contribution in [-0.2, 0) is 0 Å². The van der Waals surface area contributed by atoms with Gasteiger partial charge in [0, 0.05) is 16.4 Å². The lowest BCUT2D eigenvalue weighted by atomic mass is 9.31. The van der Waals surface area contributed by atoms with Gasteiger partial charge in [0.05, 0.1) is 10.6 Å². The van der Waals surface area contributed by atoms with Crippen molar-refractivity contribution in [2.45, 2.75) is 48.5 Å². The van der Waals surface area contributed by atoms with Gasteiger partial charge >= 0.3 is 0 Å². The van der Waals surface area contributed by atoms with Gasteiger partial charge in [-0.25, -0.2) is 65.9 Å². The van der Waals surface area contributed by atoms with E-state index in [1.54, 1.807) is 20.8 Å². The highest BCUT2D eigenvalue weighted by Crippen LogP contribution is 2.86. The van der Waals surface area contributed by atoms with Crippen LogP contribution in [-0.4, -0.2) is 5.87 Å². The predicted octanol–water partition coefficient (Wildman–Crippen LogP) is 11.8. The third kappa shape index (κ3) is 5.70. The first kappa shape index (κ1) is 44.6. The first-order valence-corrected chi connectivity index (χ1v) is 20.4. The number of hydrogen-bond donors (Lipinski definition) is 0. The van der Waals surface area contributed by atoms with Crippen LogP contribution in [0.5, 0.6) is 0 Å². The van der Waals surface area contributed by atoms with E-state index in [0.29, 0.717) is 16.7 Å². The molecule has 0 aliphatic carbocycles. The fourth-order valence-electron chi connectivity index (χ4n) is 9.93. The Morgan fingerprint density at radius 2 is 0.613 bits per heavy atom. The number of benzene rings is 6. The largest absolute Gasteiger partial charge is 0.278 e. The highest BCUT2D eigenvalue weighted by Gasteiger charge is 2.75. The van der Waals surface area contributed by atoms with Crippen molar-refractivity contribution >= 4 is 45.3 Å². The molecule has 322 valence electrons. The zero-order valence-corrected chi connectivity index (χ0v) is 34.2. The molecule has 6 aromatic carbocycles. The second-order valence-electron chi connectivity index (χ2n) is 15.6. The van der Waals surface area contributed by atoms with Crippen LogP contribution < -0.4 is 21.5 Å². The van der Waals surface area contributed by atoms with Gasteiger partial charge in [0.15, 0.2) is 58.2 Å². The Hall–Kier alpha value is -5.50. The molecule has 1 heterocycles. The minimum absolute atomic E-state index is 0.00951. The van der Waals surface area contributed by atoms with E-state index < -0.39 is 128 Å². The van der Waals surface area contributed by atoms with Crippen LogP contribution in [0.2, 0.25) is 0 Å². The topological polar surface area (TPSA) is 0 Å². The zero-order chi connectivity index (χ0) is 46.0. The maximum atomic E-state index is 17.3. The molecular weight excluding hydrogens is 867 g/mol. The molecule has 0 atom stereocenters. The van der Waals surface area contributed by atoms with Gasteiger partial charge in [-0.15, -0.1) is 5.47 Å². The van der Waals surface area contributed by atoms with Crippen LogP contribution >= 0.6 is 7.14 Å². The molecule has 0 saturated heterocycles. The van der Waals surface area contributed by atoms with E-state index in [1.165, 1.54) is 76.2 Å². The normalized spacial score (nSPS) is 14.5. The lowest BCUT2D eigenvalue weighted by molar-refractivity contribution is 0.376. The Kier molecular flexibility index (Phi) is 10.9. The van der Waals surface area contributed by atoms with Crippen LogP contribution in [0.25, 0.3) is 10.8 Å². The molecule has 17 heteroatoms. The number of aryl methyl sites for hydroxylation is 7. The van der Waals surface area contributed by atoms with Crippen molar-refractivity contribution in [3.05, 3.63) is 186 Å². The molecule has 7 rings (SSSR count). The Bertz CT molecular complexity index is 2730. The lowest BCUT2D eigenvalue weighted by Crippen LogP contribution is -2.74. The molecule has 0 N–H and O–H groups in total. The Morgan fingerprint density at radius 1 is 0.339 bits per heavy atom. The van der Waals surface area contributed by atoms with Crippen molar-refractivity contribution in [3.8, 4) is 0 Å². The Balaban J connectivity index is 2.08. The summed E-state index contributed by atoms with van der Waals surface area (Å²) in [6.45, 7) is 10.0. The van der Waals surface area contributed by atoms with Gasteiger partial charge in [-0.05, 0) is 77.9 Å². The van der Waals surface area contributed by atoms with Crippen LogP contribution in [0.3, 0.4) is 0 Å². The summed E-state index contributed by atoms with van der Waals surface area (Å²) in [5, 5.41) is -1.23. The first-order chi connectivity index (χ1) is 28.9. The van der Waals surface area contributed by atoms with Crippen LogP contribution in [0, 0.1) is 136 Å². The van der Waals surface area contributed by atoms with Gasteiger partial charge in [-0.3, -0.25) is 0 Å². The Morgan fingerprint density at radius 3 is 0.919 bits per heavy atom. The van der Waals surface area contributed by atoms with Crippen LogP contribution in [0.4, 0.5) is 65.9 Å². The maximum Gasteiger partial charge on any atom is 0.278 e. The second-order valence-corrected chi connectivity index (χ2v) is 19.1. The average Bonchev–Trinajstić information content (AvgIpc) is 3.20. The molecule has 0 nitrogen and oxygen atoms in total. The van der Waals surface area contributed by atoms with Gasteiger partial charge in [-0.2, -0.15) is 0 Å². The fourth-order valence-corrected chi connectivity index (χ4v) is 17.2. The quantitative estimate of drug-likeness (QED) is 0.0514. The molecule has 0 amide bonds. The molecule has 0 aromatic heterocycles. The van der Waals surface area contributed by atoms with E-state index in [0.717, 1.165) is 0 Å². The lowest BCUT2D eigenvalue weighted by Gasteiger charge is -2.63. The highest BCUT2D eigenvalue weighted by atomic mass is 31.2. The summed E-state index contributed by atoms with van der Waals surface area (Å²) in [4.78, 5) is 0. The molecule has 6 aromatic rings. The number of hydrogen-bond acceptors (Lipinski definition) is 0. The van der Waals surface area contributed by atoms with Crippen molar-refractivity contribution in [2.75, 3.05) is 0 Å². The molecule has 0 unspecified atom stereocenters. The highest BCUT2D eigenvalue weighted by molar-refractivity contribution is 8.32. The molecule has 0 bridgehead atoms. The average molecular weight is 896 g/mol. The summed E-state index contributed by atoms with van der Waals surface area (Å²) in [6.07, 6.45) is 0. The van der Waals surface area contributed by atoms with E-state index in [1.807, 2.05) is 0 Å². The van der Waals surface area contributed by atoms with Gasteiger partial charge in [0.2, 0.25) is 5.82 Å². The standard InChI is InChI=1S/C45H29BF15P/c1-16-8-10-23(11-9-16)45-25(24-28(47)34(53)40(59)35(54)29(24)48)46(26-30(49)36(55)41(60)37(56)31(26)50,27-32(51)38(57)42(61)39(58)33(27)52)62(45,43-19(4)12-17(2)13-20(43)5)44-21(6)14-18(3)15-22(44)7/h8-15H,1-7H3. The number of rotatable bonds is 6. The van der Waals surface area contributed by atoms with Crippen molar-refractivity contribution in [3.63, 3.8) is 0 Å². The van der Waals surface area contributed by atoms with Gasteiger partial charge in [0.1, 0.15) is 23.3 Å². The molecule has 0 fully saturated rings. The number of halogens is 15. The predicted molar refractivity (Wildman–Crippen MR) is 209 cm³/mol. The van der Waals surface area contributed by atoms with E-state index in [-0.39, 0.29) is 38.4 Å². The summed E-state index contributed by atoms with van der Waals surface area (Å²) in [6, 6.07) is 10.7. The third-order valence-electron chi connectivity index (χ3n) is 11.7. The summed E-state index contributed by atoms with van der Waals surface area (Å²) < 4.78 is 243. The van der Waals surface area contributed by atoms with E-state index in [4.69, 9.17) is 0 Å². The molecule has 1 aliphatic rings. The van der Waals surface area contributed by atoms with Gasteiger partial charge < -0.3 is 0 Å². The molecule has 1 aliphatic heterocycles. The van der Waals surface area contributed by atoms with Crippen molar-refractivity contribution in [1.29, 1.82) is 0 Å². The SMILES string of the molecule is Cc1ccc(C2=C(c3c(F)c(F)c(F)c(F)c3F)[B-](c3c(F)c(F)c(F)c(F)c3F)(c3c(F)c(F)c(F)c(F)c3F)[P+]2(c2c(C)cc(C)cc2C)c2c(C)cc(C)cc2C)cc1. The van der Waals surface area contributed by atoms with E-state index in [9.17, 15) is 4.39 Å². The molecule has 0 radical (unpaired) electrons. The minimum atomic E-state index is -5.54. The fraction of sp³-hybridized carbons (Fsp3) is 0.156. The van der Waals surface area contributed by atoms with Gasteiger partial charge in [-0.1, -0.05) is 76.1 Å². The van der Waals surface area contributed by atoms with E-state index >= 15 is 61.5 Å². The van der Waals surface area contributed by atoms with Crippen molar-refractivity contribution < 1.29 is 65.9 Å². The molecule has 0 spiro atoms. The monoisotopic (exact) mass is 896 g/mol. The Labute approximate surface area is 344 Å². The van der Waals surface area contributed by atoms with Crippen LogP contribution in [0.15, 0.2) is 48.5 Å². The molecular formula is C45H29BF15P.